The van der Waals surface area contributed by atoms with E-state index in [1.54, 1.807) is 0 Å². The van der Waals surface area contributed by atoms with Crippen LogP contribution in [0.2, 0.25) is 0 Å². The van der Waals surface area contributed by atoms with Crippen LogP contribution in [0.25, 0.3) is 120 Å². The second kappa shape index (κ2) is 21.8. The Labute approximate surface area is 593 Å². The predicted octanol–water partition coefficient (Wildman–Crippen LogP) is 23.7. The van der Waals surface area contributed by atoms with Gasteiger partial charge in [0.1, 0.15) is 0 Å². The van der Waals surface area contributed by atoms with E-state index in [0.717, 1.165) is 87.1 Å². The minimum Gasteiger partial charge on any atom is -0.453 e. The van der Waals surface area contributed by atoms with Gasteiger partial charge in [-0.05, 0) is 154 Å². The third kappa shape index (κ3) is 8.35. The molecule has 101 heavy (non-hydrogen) atoms. The molecule has 21 rings (SSSR count). The Bertz CT molecular complexity index is 6490. The van der Waals surface area contributed by atoms with Gasteiger partial charge in [-0.25, -0.2) is 0 Å². The van der Waals surface area contributed by atoms with Gasteiger partial charge in [0, 0.05) is 44.0 Å². The molecule has 2 aromatic heterocycles. The van der Waals surface area contributed by atoms with Crippen LogP contribution in [0, 0.1) is 0 Å². The summed E-state index contributed by atoms with van der Waals surface area (Å²) in [6.45, 7) is 5.05. The van der Waals surface area contributed by atoms with Crippen molar-refractivity contribution in [2.24, 2.45) is 0 Å². The number of aromatic nitrogens is 2. The quantitative estimate of drug-likeness (QED) is 0.165. The smallest absolute Gasteiger partial charge is 0.252 e. The lowest BCUT2D eigenvalue weighted by atomic mass is 9.34. The molecule has 0 amide bonds. The Morgan fingerprint density at radius 1 is 0.287 bits per heavy atom. The maximum Gasteiger partial charge on any atom is 0.252 e. The van der Waals surface area contributed by atoms with Crippen LogP contribution in [0.4, 0.5) is 34.1 Å². The first-order valence-electron chi connectivity index (χ1n) is 37.5. The van der Waals surface area contributed by atoms with Gasteiger partial charge in [-0.15, -0.1) is 0 Å². The van der Waals surface area contributed by atoms with Gasteiger partial charge in [-0.1, -0.05) is 276 Å². The summed E-state index contributed by atoms with van der Waals surface area (Å²) < 4.78 is 88.4. The van der Waals surface area contributed by atoms with Crippen LogP contribution in [-0.4, -0.2) is 15.8 Å². The van der Waals surface area contributed by atoms with E-state index >= 15 is 0 Å². The number of hydrogen-bond donors (Lipinski definition) is 0. The Morgan fingerprint density at radius 3 is 0.960 bits per heavy atom. The number of hydrogen-bond acceptors (Lipinski definition) is 4. The summed E-state index contributed by atoms with van der Waals surface area (Å²) >= 11 is 0. The van der Waals surface area contributed by atoms with Crippen LogP contribution in [0.3, 0.4) is 0 Å². The highest BCUT2D eigenvalue weighted by molar-refractivity contribution is 7.00. The first kappa shape index (κ1) is 51.4. The van der Waals surface area contributed by atoms with E-state index in [1.807, 2.05) is 121 Å². The fourth-order valence-electron chi connectivity index (χ4n) is 16.7. The zero-order chi connectivity index (χ0) is 72.0. The number of benzene rings is 15. The minimum absolute atomic E-state index is 0.0959. The highest BCUT2D eigenvalue weighted by atomic mass is 16.5. The van der Waals surface area contributed by atoms with Gasteiger partial charge in [0.05, 0.1) is 64.4 Å². The largest absolute Gasteiger partial charge is 0.453 e. The van der Waals surface area contributed by atoms with Crippen molar-refractivity contribution in [1.29, 1.82) is 0 Å². The fourth-order valence-corrected chi connectivity index (χ4v) is 16.7. The summed E-state index contributed by atoms with van der Waals surface area (Å²) in [7, 11) is 0. The number of ether oxygens (including phenoxy) is 2. The zero-order valence-corrected chi connectivity index (χ0v) is 55.4. The average molecular weight is 1300 g/mol. The summed E-state index contributed by atoms with van der Waals surface area (Å²) in [6.07, 6.45) is 0. The third-order valence-electron chi connectivity index (χ3n) is 21.0. The highest BCUT2D eigenvalue weighted by Gasteiger charge is 2.43. The van der Waals surface area contributed by atoms with E-state index in [0.29, 0.717) is 112 Å². The van der Waals surface area contributed by atoms with Crippen LogP contribution < -0.4 is 35.7 Å². The SMILES string of the molecule is [2H]c1c2c3c(c([2H])c1C(C)(C)C)-n1c4c(-c5ccccc5)cccc4c4ccccc4c4ccccc4c4c(N5c6ccccc6Oc6ccccc65)c([2H])c([2H])c(c41)B3c1c([2H])c([2H])c(N3c4ccccc4Oc4ccccc43)c3c4ccccc4c4ccccc4c4cccc(-c5ccccc5)c4n-2c13. The van der Waals surface area contributed by atoms with Crippen LogP contribution in [0.1, 0.15) is 34.6 Å². The monoisotopic (exact) mass is 1300 g/mol. The molecule has 4 aliphatic heterocycles. The minimum atomic E-state index is -1.24. The van der Waals surface area contributed by atoms with Crippen molar-refractivity contribution in [2.75, 3.05) is 9.80 Å². The van der Waals surface area contributed by atoms with E-state index in [9.17, 15) is 8.22 Å². The van der Waals surface area contributed by atoms with Crippen molar-refractivity contribution >= 4 is 144 Å². The molecule has 0 saturated carbocycles. The summed E-state index contributed by atoms with van der Waals surface area (Å²) in [5, 5.41) is 9.82. The number of fused-ring (bicyclic) bond motifs is 22. The maximum atomic E-state index is 11.8. The molecule has 0 atom stereocenters. The molecule has 474 valence electrons. The van der Waals surface area contributed by atoms with E-state index < -0.39 is 12.1 Å². The molecule has 0 radical (unpaired) electrons. The molecular formula is C94H63BN4O2. The second-order valence-corrected chi connectivity index (χ2v) is 27.6. The van der Waals surface area contributed by atoms with Crippen molar-refractivity contribution in [2.45, 2.75) is 26.2 Å². The lowest BCUT2D eigenvalue weighted by molar-refractivity contribution is 0.477. The van der Waals surface area contributed by atoms with Crippen molar-refractivity contribution in [1.82, 2.24) is 9.13 Å². The standard InChI is InChI=1S/C94H63BN4O2/c1-94(2,3)60-56-81-89-82(57-60)99-91-62(59-30-8-5-9-31-59)41-27-43-72(91)68-37-13-11-33-64(68)66-35-15-17-39-70(66)88-80(97-77-46-20-24-50-85(77)101-86-51-25-21-47-78(86)97)55-53-74(93(88)99)95(89)73-52-54-79(96-75-44-18-22-48-83(75)100-84-49-23-19-45-76(84)96)87-69-38-16-14-34-65(69)63-32-10-12-36-67(63)71-42-26-40-61(58-28-6-4-7-29-58)90(71)98(81)92(73)87/h4-57H,1-3H3/i52D,53D,54D,55D,56D,57D. The van der Waals surface area contributed by atoms with Gasteiger partial charge in [0.2, 0.25) is 0 Å². The van der Waals surface area contributed by atoms with Gasteiger partial charge in [-0.3, -0.25) is 0 Å². The first-order chi connectivity index (χ1) is 52.4. The number of nitrogens with zero attached hydrogens (tertiary/aromatic N) is 4. The lowest BCUT2D eigenvalue weighted by Gasteiger charge is -2.40. The second-order valence-electron chi connectivity index (χ2n) is 27.6. The van der Waals surface area contributed by atoms with E-state index in [2.05, 4.69) is 210 Å². The molecule has 0 fully saturated rings. The molecule has 6 heterocycles. The van der Waals surface area contributed by atoms with E-state index in [4.69, 9.17) is 9.47 Å². The Balaban J connectivity index is 1.13. The van der Waals surface area contributed by atoms with Crippen molar-refractivity contribution < 1.29 is 17.7 Å². The molecule has 0 saturated heterocycles. The van der Waals surface area contributed by atoms with Crippen LogP contribution in [0.15, 0.2) is 327 Å². The van der Waals surface area contributed by atoms with Gasteiger partial charge >= 0.3 is 0 Å². The molecule has 17 aromatic rings. The van der Waals surface area contributed by atoms with E-state index in [-0.39, 0.29) is 36.3 Å². The number of para-hydroxylation sites is 10. The van der Waals surface area contributed by atoms with Crippen LogP contribution in [0.5, 0.6) is 23.0 Å². The molecule has 4 aliphatic rings. The van der Waals surface area contributed by atoms with Gasteiger partial charge in [0.25, 0.3) is 6.71 Å². The lowest BCUT2D eigenvalue weighted by Crippen LogP contribution is -2.60. The van der Waals surface area contributed by atoms with Crippen molar-refractivity contribution in [3.8, 4) is 56.6 Å². The molecule has 0 N–H and O–H groups in total. The first-order valence-corrected chi connectivity index (χ1v) is 34.5. The Hall–Kier alpha value is -12.8. The van der Waals surface area contributed by atoms with Crippen LogP contribution in [-0.2, 0) is 5.41 Å². The third-order valence-corrected chi connectivity index (χ3v) is 21.0. The van der Waals surface area contributed by atoms with Crippen molar-refractivity contribution in [3.05, 3.63) is 333 Å². The average Bonchev–Trinajstić information content (AvgIpc) is 1.56. The molecule has 7 heteroatoms. The van der Waals surface area contributed by atoms with Crippen LogP contribution >= 0.6 is 0 Å². The van der Waals surface area contributed by atoms with Gasteiger partial charge < -0.3 is 28.4 Å². The zero-order valence-electron chi connectivity index (χ0n) is 61.4. The number of rotatable bonds is 4. The topological polar surface area (TPSA) is 34.8 Å². The summed E-state index contributed by atoms with van der Waals surface area (Å²) in [6, 6.07) is 98.7. The summed E-state index contributed by atoms with van der Waals surface area (Å²) in [5.41, 5.74) is 11.1. The molecular weight excluding hydrogens is 1230 g/mol. The predicted molar refractivity (Wildman–Crippen MR) is 424 cm³/mol. The Kier molecular flexibility index (Phi) is 11.1. The normalized spacial score (nSPS) is 13.8. The molecule has 0 unspecified atom stereocenters. The van der Waals surface area contributed by atoms with Gasteiger partial charge in [0.15, 0.2) is 23.0 Å². The Morgan fingerprint density at radius 2 is 0.594 bits per heavy atom. The molecule has 0 spiro atoms. The molecule has 6 nitrogen and oxygen atoms in total. The van der Waals surface area contributed by atoms with Gasteiger partial charge in [-0.2, -0.15) is 0 Å². The number of anilines is 6. The molecule has 15 aromatic carbocycles. The highest BCUT2D eigenvalue weighted by Crippen LogP contribution is 2.56. The summed E-state index contributed by atoms with van der Waals surface area (Å²) in [4.78, 5) is 4.21. The van der Waals surface area contributed by atoms with Crippen molar-refractivity contribution in [3.63, 3.8) is 0 Å². The maximum absolute atomic E-state index is 11.8. The summed E-state index contributed by atoms with van der Waals surface area (Å²) in [5.74, 6) is 2.24. The molecule has 0 aliphatic carbocycles. The molecule has 0 bridgehead atoms. The van der Waals surface area contributed by atoms with E-state index in [1.165, 1.54) is 0 Å². The fraction of sp³-hybridized carbons (Fsp3) is 0.0426.